The molecule has 0 fully saturated rings. The molecule has 0 radical (unpaired) electrons. The fourth-order valence-corrected chi connectivity index (χ4v) is 3.69. The normalized spacial score (nSPS) is 15.6. The summed E-state index contributed by atoms with van der Waals surface area (Å²) in [5.41, 5.74) is 2.89. The molecule has 1 amide bonds. The Labute approximate surface area is 159 Å². The maximum absolute atomic E-state index is 12.6. The van der Waals surface area contributed by atoms with Crippen LogP contribution in [0.3, 0.4) is 0 Å². The van der Waals surface area contributed by atoms with Crippen molar-refractivity contribution in [3.63, 3.8) is 0 Å². The van der Waals surface area contributed by atoms with Crippen molar-refractivity contribution < 1.29 is 14.3 Å². The van der Waals surface area contributed by atoms with Crippen molar-refractivity contribution in [2.45, 2.75) is 26.7 Å². The lowest BCUT2D eigenvalue weighted by atomic mass is 9.96. The number of rotatable bonds is 5. The lowest BCUT2D eigenvalue weighted by molar-refractivity contribution is 0.0936. The number of methoxy groups -OCH3 is 1. The summed E-state index contributed by atoms with van der Waals surface area (Å²) in [6.07, 6.45) is 1.54. The molecule has 0 saturated carbocycles. The Kier molecular flexibility index (Phi) is 5.54. The summed E-state index contributed by atoms with van der Waals surface area (Å²) in [6, 6.07) is 7.51. The van der Waals surface area contributed by atoms with Gasteiger partial charge >= 0.3 is 0 Å². The molecule has 6 nitrogen and oxygen atoms in total. The molecule has 27 heavy (non-hydrogen) atoms. The molecule has 144 valence electrons. The van der Waals surface area contributed by atoms with Crippen LogP contribution in [0.25, 0.3) is 0 Å². The van der Waals surface area contributed by atoms with Gasteiger partial charge in [0.2, 0.25) is 0 Å². The molecule has 0 spiro atoms. The van der Waals surface area contributed by atoms with Gasteiger partial charge in [-0.25, -0.2) is 0 Å². The number of amides is 1. The summed E-state index contributed by atoms with van der Waals surface area (Å²) in [7, 11) is 3.34. The third kappa shape index (κ3) is 3.70. The number of nitrogens with one attached hydrogen (secondary N) is 1. The van der Waals surface area contributed by atoms with Crippen molar-refractivity contribution in [3.05, 3.63) is 57.0 Å². The van der Waals surface area contributed by atoms with Gasteiger partial charge < -0.3 is 19.4 Å². The highest BCUT2D eigenvalue weighted by atomic mass is 16.5. The quantitative estimate of drug-likeness (QED) is 0.876. The van der Waals surface area contributed by atoms with Gasteiger partial charge in [-0.1, -0.05) is 19.1 Å². The lowest BCUT2D eigenvalue weighted by Crippen LogP contribution is -2.38. The molecule has 0 bridgehead atoms. The maximum Gasteiger partial charge on any atom is 0.263 e. The van der Waals surface area contributed by atoms with Gasteiger partial charge in [0.1, 0.15) is 5.56 Å². The van der Waals surface area contributed by atoms with Crippen molar-refractivity contribution >= 4 is 5.91 Å². The van der Waals surface area contributed by atoms with E-state index in [9.17, 15) is 9.59 Å². The number of pyridine rings is 1. The van der Waals surface area contributed by atoms with Crippen LogP contribution in [-0.4, -0.2) is 30.7 Å². The second kappa shape index (κ2) is 7.86. The maximum atomic E-state index is 12.6. The van der Waals surface area contributed by atoms with Gasteiger partial charge in [0.05, 0.1) is 13.7 Å². The number of para-hydroxylation sites is 1. The second-order valence-corrected chi connectivity index (χ2v) is 6.95. The number of hydrogen-bond acceptors (Lipinski definition) is 4. The predicted molar refractivity (Wildman–Crippen MR) is 104 cm³/mol. The zero-order valence-electron chi connectivity index (χ0n) is 16.3. The average molecular weight is 370 g/mol. The number of aryl methyl sites for hydroxylation is 1. The number of nitrogens with zero attached hydrogens (tertiary/aromatic N) is 1. The van der Waals surface area contributed by atoms with E-state index in [1.807, 2.05) is 32.0 Å². The Hall–Kier alpha value is -2.76. The van der Waals surface area contributed by atoms with Crippen LogP contribution in [0.4, 0.5) is 0 Å². The van der Waals surface area contributed by atoms with E-state index in [0.717, 1.165) is 41.2 Å². The number of ether oxygens (including phenoxy) is 2. The zero-order chi connectivity index (χ0) is 19.6. The topological polar surface area (TPSA) is 69.6 Å². The molecular weight excluding hydrogens is 344 g/mol. The number of carbonyl (C=O) groups excluding carboxylic acids is 1. The molecule has 3 rings (SSSR count). The minimum Gasteiger partial charge on any atom is -0.493 e. The van der Waals surface area contributed by atoms with Crippen molar-refractivity contribution in [2.24, 2.45) is 13.0 Å². The highest BCUT2D eigenvalue weighted by Gasteiger charge is 2.24. The van der Waals surface area contributed by atoms with Gasteiger partial charge in [-0.2, -0.15) is 0 Å². The van der Waals surface area contributed by atoms with E-state index in [-0.39, 0.29) is 22.9 Å². The first-order valence-corrected chi connectivity index (χ1v) is 9.22. The van der Waals surface area contributed by atoms with Crippen LogP contribution in [-0.2, 0) is 19.9 Å². The fourth-order valence-electron chi connectivity index (χ4n) is 3.69. The van der Waals surface area contributed by atoms with Gasteiger partial charge in [-0.3, -0.25) is 9.59 Å². The predicted octanol–water partition coefficient (Wildman–Crippen LogP) is 2.25. The van der Waals surface area contributed by atoms with Crippen molar-refractivity contribution in [3.8, 4) is 11.5 Å². The van der Waals surface area contributed by atoms with Crippen LogP contribution < -0.4 is 20.3 Å². The molecule has 1 atom stereocenters. The van der Waals surface area contributed by atoms with E-state index < -0.39 is 0 Å². The monoisotopic (exact) mass is 370 g/mol. The largest absolute Gasteiger partial charge is 0.493 e. The summed E-state index contributed by atoms with van der Waals surface area (Å²) in [5.74, 6) is 1.32. The molecule has 1 aliphatic heterocycles. The minimum absolute atomic E-state index is 0.147. The van der Waals surface area contributed by atoms with E-state index in [4.69, 9.17) is 9.47 Å². The molecule has 0 aliphatic carbocycles. The highest BCUT2D eigenvalue weighted by molar-refractivity contribution is 5.94. The van der Waals surface area contributed by atoms with Crippen molar-refractivity contribution in [1.29, 1.82) is 0 Å². The zero-order valence-corrected chi connectivity index (χ0v) is 16.3. The third-order valence-electron chi connectivity index (χ3n) is 5.14. The molecule has 1 aromatic heterocycles. The van der Waals surface area contributed by atoms with Crippen LogP contribution >= 0.6 is 0 Å². The average Bonchev–Trinajstić information content (AvgIpc) is 2.68. The molecule has 1 aromatic carbocycles. The van der Waals surface area contributed by atoms with Gasteiger partial charge in [0, 0.05) is 25.2 Å². The van der Waals surface area contributed by atoms with E-state index >= 15 is 0 Å². The molecule has 6 heteroatoms. The van der Waals surface area contributed by atoms with Crippen LogP contribution in [0.2, 0.25) is 0 Å². The number of benzene rings is 1. The van der Waals surface area contributed by atoms with Crippen LogP contribution in [0.5, 0.6) is 11.5 Å². The van der Waals surface area contributed by atoms with Crippen LogP contribution in [0.1, 0.15) is 34.1 Å². The number of aromatic nitrogens is 1. The Morgan fingerprint density at radius 2 is 2.19 bits per heavy atom. The summed E-state index contributed by atoms with van der Waals surface area (Å²) >= 11 is 0. The summed E-state index contributed by atoms with van der Waals surface area (Å²) in [5, 5.41) is 2.90. The molecule has 0 unspecified atom stereocenters. The van der Waals surface area contributed by atoms with E-state index in [1.165, 1.54) is 0 Å². The van der Waals surface area contributed by atoms with Crippen LogP contribution in [0.15, 0.2) is 29.1 Å². The van der Waals surface area contributed by atoms with Gasteiger partial charge in [0.25, 0.3) is 11.5 Å². The lowest BCUT2D eigenvalue weighted by Gasteiger charge is -2.26. The molecule has 1 N–H and O–H groups in total. The molecule has 1 aliphatic rings. The van der Waals surface area contributed by atoms with Crippen LogP contribution in [0, 0.1) is 12.8 Å². The van der Waals surface area contributed by atoms with Gasteiger partial charge in [0.15, 0.2) is 11.5 Å². The minimum atomic E-state index is -0.335. The fraction of sp³-hybridized carbons (Fsp3) is 0.429. The summed E-state index contributed by atoms with van der Waals surface area (Å²) in [4.78, 5) is 25.1. The van der Waals surface area contributed by atoms with Crippen molar-refractivity contribution in [2.75, 3.05) is 20.3 Å². The first kappa shape index (κ1) is 19.0. The Morgan fingerprint density at radius 3 is 2.89 bits per heavy atom. The Balaban J connectivity index is 1.69. The molecule has 2 heterocycles. The molecule has 2 aromatic rings. The third-order valence-corrected chi connectivity index (χ3v) is 5.14. The number of hydrogen-bond donors (Lipinski definition) is 1. The Bertz CT molecular complexity index is 917. The SMILES string of the molecule is CCc1c(C)cc(C(=O)NC[C@@H]2COc3c(cccc3OC)C2)c(=O)n1C. The smallest absolute Gasteiger partial charge is 0.263 e. The van der Waals surface area contributed by atoms with E-state index in [0.29, 0.717) is 13.2 Å². The van der Waals surface area contributed by atoms with Gasteiger partial charge in [-0.15, -0.1) is 0 Å². The number of carbonyl (C=O) groups is 1. The van der Waals surface area contributed by atoms with Gasteiger partial charge in [-0.05, 0) is 43.0 Å². The molecular formula is C21H26N2O4. The van der Waals surface area contributed by atoms with Crippen molar-refractivity contribution in [1.82, 2.24) is 9.88 Å². The Morgan fingerprint density at radius 1 is 1.41 bits per heavy atom. The highest BCUT2D eigenvalue weighted by Crippen LogP contribution is 2.35. The summed E-state index contributed by atoms with van der Waals surface area (Å²) < 4.78 is 12.7. The second-order valence-electron chi connectivity index (χ2n) is 6.95. The van der Waals surface area contributed by atoms with E-state index in [2.05, 4.69) is 5.32 Å². The first-order valence-electron chi connectivity index (χ1n) is 9.22. The number of fused-ring (bicyclic) bond motifs is 1. The molecule has 0 saturated heterocycles. The summed E-state index contributed by atoms with van der Waals surface area (Å²) in [6.45, 7) is 4.87. The standard InChI is InChI=1S/C21H26N2O4/c1-5-17-13(2)9-16(21(25)23(17)3)20(24)22-11-14-10-15-7-6-8-18(26-4)19(15)27-12-14/h6-9,14H,5,10-12H2,1-4H3,(H,22,24)/t14-/m1/s1. The van der Waals surface area contributed by atoms with E-state index in [1.54, 1.807) is 24.8 Å². The first-order chi connectivity index (χ1) is 13.0.